The van der Waals surface area contributed by atoms with Gasteiger partial charge in [0.2, 0.25) is 27.6 Å². The summed E-state index contributed by atoms with van der Waals surface area (Å²) in [6.07, 6.45) is 1.38. The van der Waals surface area contributed by atoms with Gasteiger partial charge in [0.1, 0.15) is 6.04 Å². The number of carbonyl (C=O) groups is 1. The van der Waals surface area contributed by atoms with Gasteiger partial charge in [-0.3, -0.25) is 9.10 Å². The number of hydrogen-bond acceptors (Lipinski definition) is 6. The van der Waals surface area contributed by atoms with Crippen LogP contribution in [-0.4, -0.2) is 36.8 Å². The monoisotopic (exact) mass is 414 g/mol. The summed E-state index contributed by atoms with van der Waals surface area (Å²) in [7, 11) is -3.67. The fourth-order valence-electron chi connectivity index (χ4n) is 2.95. The summed E-state index contributed by atoms with van der Waals surface area (Å²) in [6.45, 7) is 1.76. The highest BCUT2D eigenvalue weighted by Gasteiger charge is 2.31. The number of carbonyl (C=O) groups excluding carboxylic acids is 1. The van der Waals surface area contributed by atoms with Gasteiger partial charge in [-0.15, -0.1) is 0 Å². The summed E-state index contributed by atoms with van der Waals surface area (Å²) < 4.78 is 31.1. The molecule has 2 aromatic carbocycles. The van der Waals surface area contributed by atoms with Crippen molar-refractivity contribution in [3.63, 3.8) is 0 Å². The molecule has 1 atom stereocenters. The third kappa shape index (κ3) is 5.00. The molecule has 0 saturated carbocycles. The van der Waals surface area contributed by atoms with Crippen molar-refractivity contribution in [2.24, 2.45) is 0 Å². The standard InChI is InChI=1S/C20H22N4O4S/c1-3-17(24(29(2,26)27)16-12-8-5-9-13-16)20(25)21-14-18-22-19(23-28-18)15-10-6-4-7-11-15/h4-13,17H,3,14H2,1-2H3,(H,21,25)/t17-/m0/s1. The van der Waals surface area contributed by atoms with Gasteiger partial charge in [0, 0.05) is 5.56 Å². The summed E-state index contributed by atoms with van der Waals surface area (Å²) in [6, 6.07) is 17.0. The first kappa shape index (κ1) is 20.5. The van der Waals surface area contributed by atoms with Crippen molar-refractivity contribution in [2.45, 2.75) is 25.9 Å². The summed E-state index contributed by atoms with van der Waals surface area (Å²) in [5.41, 5.74) is 1.23. The van der Waals surface area contributed by atoms with E-state index >= 15 is 0 Å². The van der Waals surface area contributed by atoms with Crippen LogP contribution in [0.2, 0.25) is 0 Å². The van der Waals surface area contributed by atoms with Crippen LogP contribution in [0, 0.1) is 0 Å². The van der Waals surface area contributed by atoms with E-state index in [1.54, 1.807) is 37.3 Å². The molecule has 1 heterocycles. The Morgan fingerprint density at radius 2 is 1.72 bits per heavy atom. The second kappa shape index (κ2) is 8.87. The van der Waals surface area contributed by atoms with Crippen molar-refractivity contribution in [3.05, 3.63) is 66.6 Å². The van der Waals surface area contributed by atoms with E-state index in [9.17, 15) is 13.2 Å². The zero-order chi connectivity index (χ0) is 20.9. The number of nitrogens with zero attached hydrogens (tertiary/aromatic N) is 3. The largest absolute Gasteiger partial charge is 0.345 e. The molecule has 3 rings (SSSR count). The molecule has 1 N–H and O–H groups in total. The SMILES string of the molecule is CC[C@@H](C(=O)NCc1nc(-c2ccccc2)no1)N(c1ccccc1)S(C)(=O)=O. The molecule has 0 spiro atoms. The smallest absolute Gasteiger partial charge is 0.246 e. The van der Waals surface area contributed by atoms with Crippen LogP contribution in [0.3, 0.4) is 0 Å². The number of benzene rings is 2. The van der Waals surface area contributed by atoms with Crippen LogP contribution >= 0.6 is 0 Å². The maximum Gasteiger partial charge on any atom is 0.246 e. The predicted molar refractivity (Wildman–Crippen MR) is 109 cm³/mol. The number of para-hydroxylation sites is 1. The zero-order valence-electron chi connectivity index (χ0n) is 16.1. The molecule has 3 aromatic rings. The average molecular weight is 414 g/mol. The quantitative estimate of drug-likeness (QED) is 0.607. The molecular formula is C20H22N4O4S. The van der Waals surface area contributed by atoms with Gasteiger partial charge < -0.3 is 9.84 Å². The minimum atomic E-state index is -3.67. The van der Waals surface area contributed by atoms with E-state index in [1.807, 2.05) is 30.3 Å². The molecule has 9 heteroatoms. The third-order valence-corrected chi connectivity index (χ3v) is 5.43. The molecule has 29 heavy (non-hydrogen) atoms. The maximum absolute atomic E-state index is 12.8. The van der Waals surface area contributed by atoms with Crippen molar-refractivity contribution < 1.29 is 17.7 Å². The van der Waals surface area contributed by atoms with Crippen LogP contribution in [0.1, 0.15) is 19.2 Å². The fourth-order valence-corrected chi connectivity index (χ4v) is 4.16. The number of nitrogens with one attached hydrogen (secondary N) is 1. The minimum absolute atomic E-state index is 0.00155. The lowest BCUT2D eigenvalue weighted by Crippen LogP contribution is -2.49. The lowest BCUT2D eigenvalue weighted by molar-refractivity contribution is -0.122. The van der Waals surface area contributed by atoms with Gasteiger partial charge in [0.05, 0.1) is 18.5 Å². The summed E-state index contributed by atoms with van der Waals surface area (Å²) in [4.78, 5) is 17.0. The van der Waals surface area contributed by atoms with Gasteiger partial charge >= 0.3 is 0 Å². The summed E-state index contributed by atoms with van der Waals surface area (Å²) in [5.74, 6) is 0.211. The van der Waals surface area contributed by atoms with Crippen molar-refractivity contribution in [1.82, 2.24) is 15.5 Å². The van der Waals surface area contributed by atoms with E-state index in [0.29, 0.717) is 17.9 Å². The second-order valence-electron chi connectivity index (χ2n) is 6.41. The molecule has 0 aliphatic carbocycles. The number of anilines is 1. The van der Waals surface area contributed by atoms with Crippen LogP contribution in [0.4, 0.5) is 5.69 Å². The fraction of sp³-hybridized carbons (Fsp3) is 0.250. The van der Waals surface area contributed by atoms with Gasteiger partial charge in [0.25, 0.3) is 0 Å². The van der Waals surface area contributed by atoms with Crippen molar-refractivity contribution in [3.8, 4) is 11.4 Å². The van der Waals surface area contributed by atoms with Crippen LogP contribution in [0.15, 0.2) is 65.2 Å². The Morgan fingerprint density at radius 1 is 1.10 bits per heavy atom. The Bertz CT molecular complexity index is 1050. The zero-order valence-corrected chi connectivity index (χ0v) is 17.0. The average Bonchev–Trinajstić information content (AvgIpc) is 3.19. The number of amides is 1. The molecule has 1 amide bonds. The van der Waals surface area contributed by atoms with Gasteiger partial charge in [-0.2, -0.15) is 4.98 Å². The third-order valence-electron chi connectivity index (χ3n) is 4.25. The van der Waals surface area contributed by atoms with Crippen LogP contribution in [0.25, 0.3) is 11.4 Å². The molecule has 0 aliphatic rings. The predicted octanol–water partition coefficient (Wildman–Crippen LogP) is 2.60. The van der Waals surface area contributed by atoms with Gasteiger partial charge in [0.15, 0.2) is 0 Å². The Morgan fingerprint density at radius 3 is 2.31 bits per heavy atom. The first-order valence-corrected chi connectivity index (χ1v) is 10.9. The van der Waals surface area contributed by atoms with Crippen molar-refractivity contribution in [1.29, 1.82) is 0 Å². The lowest BCUT2D eigenvalue weighted by atomic mass is 10.2. The summed E-state index contributed by atoms with van der Waals surface area (Å²) >= 11 is 0. The molecule has 152 valence electrons. The van der Waals surface area contributed by atoms with E-state index in [2.05, 4.69) is 15.5 Å². The Hall–Kier alpha value is -3.20. The number of rotatable bonds is 8. The minimum Gasteiger partial charge on any atom is -0.345 e. The van der Waals surface area contributed by atoms with E-state index < -0.39 is 22.0 Å². The highest BCUT2D eigenvalue weighted by molar-refractivity contribution is 7.92. The van der Waals surface area contributed by atoms with Crippen LogP contribution in [-0.2, 0) is 21.4 Å². The Labute approximate surface area is 169 Å². The molecule has 0 unspecified atom stereocenters. The molecule has 0 fully saturated rings. The van der Waals surface area contributed by atoms with Crippen LogP contribution < -0.4 is 9.62 Å². The molecule has 1 aromatic heterocycles. The molecular weight excluding hydrogens is 392 g/mol. The van der Waals surface area contributed by atoms with Crippen LogP contribution in [0.5, 0.6) is 0 Å². The number of hydrogen-bond donors (Lipinski definition) is 1. The molecule has 0 saturated heterocycles. The normalized spacial score (nSPS) is 12.3. The molecule has 0 radical (unpaired) electrons. The number of aromatic nitrogens is 2. The maximum atomic E-state index is 12.8. The van der Waals surface area contributed by atoms with E-state index in [4.69, 9.17) is 4.52 Å². The van der Waals surface area contributed by atoms with E-state index in [1.165, 1.54) is 0 Å². The Kier molecular flexibility index (Phi) is 6.28. The van der Waals surface area contributed by atoms with Gasteiger partial charge in [-0.25, -0.2) is 8.42 Å². The molecule has 8 nitrogen and oxygen atoms in total. The number of sulfonamides is 1. The first-order valence-electron chi connectivity index (χ1n) is 9.10. The summed E-state index contributed by atoms with van der Waals surface area (Å²) in [5, 5.41) is 6.60. The van der Waals surface area contributed by atoms with Gasteiger partial charge in [-0.1, -0.05) is 60.6 Å². The second-order valence-corrected chi connectivity index (χ2v) is 8.27. The van der Waals surface area contributed by atoms with E-state index in [-0.39, 0.29) is 12.4 Å². The highest BCUT2D eigenvalue weighted by Crippen LogP contribution is 2.22. The van der Waals surface area contributed by atoms with Crippen molar-refractivity contribution in [2.75, 3.05) is 10.6 Å². The lowest BCUT2D eigenvalue weighted by Gasteiger charge is -2.29. The van der Waals surface area contributed by atoms with E-state index in [0.717, 1.165) is 16.1 Å². The van der Waals surface area contributed by atoms with Crippen molar-refractivity contribution >= 4 is 21.6 Å². The first-order chi connectivity index (χ1) is 13.9. The topological polar surface area (TPSA) is 105 Å². The molecule has 0 aliphatic heterocycles. The molecule has 0 bridgehead atoms. The van der Waals surface area contributed by atoms with Gasteiger partial charge in [-0.05, 0) is 18.6 Å². The Balaban J connectivity index is 1.74. The highest BCUT2D eigenvalue weighted by atomic mass is 32.2.